The van der Waals surface area contributed by atoms with Crippen LogP contribution in [-0.2, 0) is 0 Å². The number of hydrogen-bond donors (Lipinski definition) is 1. The van der Waals surface area contributed by atoms with Crippen molar-refractivity contribution < 1.29 is 5.11 Å². The molecule has 2 nitrogen and oxygen atoms in total. The van der Waals surface area contributed by atoms with Crippen LogP contribution in [0.4, 0.5) is 0 Å². The Morgan fingerprint density at radius 2 is 2.08 bits per heavy atom. The van der Waals surface area contributed by atoms with Crippen LogP contribution in [0.5, 0.6) is 5.75 Å². The van der Waals surface area contributed by atoms with Crippen LogP contribution in [0.2, 0.25) is 5.02 Å². The van der Waals surface area contributed by atoms with E-state index < -0.39 is 0 Å². The molecule has 60 valence electrons. The molecule has 0 spiro atoms. The molecule has 0 saturated carbocycles. The molecule has 0 fully saturated rings. The third kappa shape index (κ3) is 1.01. The number of fused-ring (bicyclic) bond motifs is 1. The lowest BCUT2D eigenvalue weighted by Gasteiger charge is -1.99. The van der Waals surface area contributed by atoms with E-state index in [1.165, 1.54) is 0 Å². The highest BCUT2D eigenvalue weighted by molar-refractivity contribution is 6.36. The summed E-state index contributed by atoms with van der Waals surface area (Å²) in [6.45, 7) is 0. The van der Waals surface area contributed by atoms with Crippen molar-refractivity contribution in [1.82, 2.24) is 4.98 Å². The predicted molar refractivity (Wildman–Crippen MR) is 48.4 cm³/mol. The van der Waals surface area contributed by atoms with Crippen molar-refractivity contribution in [2.75, 3.05) is 0 Å². The molecule has 0 radical (unpaired) electrons. The van der Waals surface area contributed by atoms with Crippen molar-refractivity contribution in [2.24, 2.45) is 0 Å². The second-order valence-electron chi connectivity index (χ2n) is 2.47. The van der Waals surface area contributed by atoms with Crippen molar-refractivity contribution in [3.63, 3.8) is 0 Å². The van der Waals surface area contributed by atoms with E-state index in [9.17, 15) is 5.11 Å². The van der Waals surface area contributed by atoms with Gasteiger partial charge >= 0.3 is 0 Å². The van der Waals surface area contributed by atoms with E-state index in [1.807, 2.05) is 12.1 Å². The van der Waals surface area contributed by atoms with Gasteiger partial charge in [-0.05, 0) is 18.2 Å². The van der Waals surface area contributed by atoms with Crippen molar-refractivity contribution in [2.45, 2.75) is 0 Å². The molecule has 0 saturated heterocycles. The minimum atomic E-state index is 0.0721. The minimum absolute atomic E-state index is 0.0721. The summed E-state index contributed by atoms with van der Waals surface area (Å²) in [5.41, 5.74) is 0.638. The van der Waals surface area contributed by atoms with Gasteiger partial charge in [0.05, 0.1) is 5.52 Å². The maximum absolute atomic E-state index is 9.25. The molecule has 2 aromatic rings. The lowest BCUT2D eigenvalue weighted by Crippen LogP contribution is -1.78. The number of benzene rings is 1. The summed E-state index contributed by atoms with van der Waals surface area (Å²) in [6.07, 6.45) is 1.65. The molecule has 1 heterocycles. The van der Waals surface area contributed by atoms with Gasteiger partial charge in [-0.1, -0.05) is 17.7 Å². The number of pyridine rings is 1. The number of aromatic nitrogens is 1. The van der Waals surface area contributed by atoms with E-state index in [0.717, 1.165) is 5.39 Å². The van der Waals surface area contributed by atoms with Crippen LogP contribution >= 0.6 is 11.6 Å². The van der Waals surface area contributed by atoms with Crippen molar-refractivity contribution in [3.8, 4) is 5.75 Å². The molecule has 1 N–H and O–H groups in total. The summed E-state index contributed by atoms with van der Waals surface area (Å²) in [5, 5.41) is 10.5. The molecular weight excluding hydrogens is 174 g/mol. The Bertz CT molecular complexity index is 428. The SMILES string of the molecule is Oc1ccc2cccnc2c1Cl. The summed E-state index contributed by atoms with van der Waals surface area (Å²) in [5.74, 6) is 0.0721. The minimum Gasteiger partial charge on any atom is -0.506 e. The molecule has 12 heavy (non-hydrogen) atoms. The average molecular weight is 180 g/mol. The first-order valence-corrected chi connectivity index (χ1v) is 3.89. The summed E-state index contributed by atoms with van der Waals surface area (Å²) in [4.78, 5) is 4.05. The van der Waals surface area contributed by atoms with Gasteiger partial charge in [0.15, 0.2) is 0 Å². The zero-order chi connectivity index (χ0) is 8.55. The van der Waals surface area contributed by atoms with Gasteiger partial charge in [0.25, 0.3) is 0 Å². The average Bonchev–Trinajstić information content (AvgIpc) is 2.12. The number of hydrogen-bond acceptors (Lipinski definition) is 2. The Hall–Kier alpha value is -1.28. The molecule has 1 aromatic carbocycles. The smallest absolute Gasteiger partial charge is 0.136 e. The molecular formula is C9H6ClNO. The number of aromatic hydroxyl groups is 1. The first kappa shape index (κ1) is 7.37. The normalized spacial score (nSPS) is 10.4. The zero-order valence-electron chi connectivity index (χ0n) is 6.16. The highest BCUT2D eigenvalue weighted by atomic mass is 35.5. The van der Waals surface area contributed by atoms with E-state index >= 15 is 0 Å². The van der Waals surface area contributed by atoms with Gasteiger partial charge in [-0.15, -0.1) is 0 Å². The van der Waals surface area contributed by atoms with Crippen LogP contribution in [0.15, 0.2) is 30.5 Å². The number of rotatable bonds is 0. The van der Waals surface area contributed by atoms with E-state index in [2.05, 4.69) is 4.98 Å². The number of phenols is 1. The van der Waals surface area contributed by atoms with Gasteiger partial charge in [-0.25, -0.2) is 0 Å². The van der Waals surface area contributed by atoms with E-state index in [-0.39, 0.29) is 5.75 Å². The molecule has 0 atom stereocenters. The Balaban J connectivity index is 2.91. The van der Waals surface area contributed by atoms with Gasteiger partial charge in [0.2, 0.25) is 0 Å². The first-order chi connectivity index (χ1) is 5.79. The lowest BCUT2D eigenvalue weighted by atomic mass is 10.2. The van der Waals surface area contributed by atoms with Crippen LogP contribution in [0.25, 0.3) is 10.9 Å². The Kier molecular flexibility index (Phi) is 1.62. The van der Waals surface area contributed by atoms with E-state index in [1.54, 1.807) is 18.3 Å². The zero-order valence-corrected chi connectivity index (χ0v) is 6.92. The van der Waals surface area contributed by atoms with Crippen LogP contribution in [0.3, 0.4) is 0 Å². The second kappa shape index (κ2) is 2.64. The summed E-state index contributed by atoms with van der Waals surface area (Å²) < 4.78 is 0. The monoisotopic (exact) mass is 179 g/mol. The molecule has 1 aromatic heterocycles. The van der Waals surface area contributed by atoms with E-state index in [0.29, 0.717) is 10.5 Å². The van der Waals surface area contributed by atoms with Gasteiger partial charge < -0.3 is 5.11 Å². The largest absolute Gasteiger partial charge is 0.506 e. The fourth-order valence-electron chi connectivity index (χ4n) is 1.10. The first-order valence-electron chi connectivity index (χ1n) is 3.51. The second-order valence-corrected chi connectivity index (χ2v) is 2.85. The quantitative estimate of drug-likeness (QED) is 0.675. The number of halogens is 1. The molecule has 0 bridgehead atoms. The number of nitrogens with zero attached hydrogens (tertiary/aromatic N) is 1. The van der Waals surface area contributed by atoms with Crippen molar-refractivity contribution in [3.05, 3.63) is 35.5 Å². The summed E-state index contributed by atoms with van der Waals surface area (Å²) in [6, 6.07) is 7.07. The van der Waals surface area contributed by atoms with Crippen LogP contribution in [0, 0.1) is 0 Å². The van der Waals surface area contributed by atoms with Gasteiger partial charge in [0, 0.05) is 11.6 Å². The Morgan fingerprint density at radius 1 is 1.25 bits per heavy atom. The molecule has 0 aliphatic heterocycles. The molecule has 0 aliphatic carbocycles. The highest BCUT2D eigenvalue weighted by Gasteiger charge is 2.03. The van der Waals surface area contributed by atoms with Crippen LogP contribution in [0.1, 0.15) is 0 Å². The lowest BCUT2D eigenvalue weighted by molar-refractivity contribution is 0.476. The van der Waals surface area contributed by atoms with Gasteiger partial charge in [-0.3, -0.25) is 4.98 Å². The third-order valence-corrected chi connectivity index (χ3v) is 2.07. The molecule has 2 rings (SSSR count). The fourth-order valence-corrected chi connectivity index (χ4v) is 1.32. The maximum Gasteiger partial charge on any atom is 0.136 e. The summed E-state index contributed by atoms with van der Waals surface area (Å²) in [7, 11) is 0. The maximum atomic E-state index is 9.25. The van der Waals surface area contributed by atoms with Crippen LogP contribution < -0.4 is 0 Å². The van der Waals surface area contributed by atoms with E-state index in [4.69, 9.17) is 11.6 Å². The summed E-state index contributed by atoms with van der Waals surface area (Å²) >= 11 is 5.81. The Labute approximate surface area is 74.4 Å². The van der Waals surface area contributed by atoms with Crippen molar-refractivity contribution in [1.29, 1.82) is 0 Å². The van der Waals surface area contributed by atoms with Crippen molar-refractivity contribution >= 4 is 22.5 Å². The van der Waals surface area contributed by atoms with Gasteiger partial charge in [0.1, 0.15) is 10.8 Å². The van der Waals surface area contributed by atoms with Gasteiger partial charge in [-0.2, -0.15) is 0 Å². The highest BCUT2D eigenvalue weighted by Crippen LogP contribution is 2.29. The fraction of sp³-hybridized carbons (Fsp3) is 0. The predicted octanol–water partition coefficient (Wildman–Crippen LogP) is 2.59. The van der Waals surface area contributed by atoms with Crippen LogP contribution in [-0.4, -0.2) is 10.1 Å². The molecule has 0 unspecified atom stereocenters. The standard InChI is InChI=1S/C9H6ClNO/c10-8-7(12)4-3-6-2-1-5-11-9(6)8/h1-5,12H. The Morgan fingerprint density at radius 3 is 2.92 bits per heavy atom. The topological polar surface area (TPSA) is 33.1 Å². The number of phenolic OH excluding ortho intramolecular Hbond substituents is 1. The molecule has 0 amide bonds. The molecule has 0 aliphatic rings. The molecule has 3 heteroatoms. The third-order valence-electron chi connectivity index (χ3n) is 1.69.